The van der Waals surface area contributed by atoms with Crippen LogP contribution < -0.4 is 5.73 Å². The second-order valence-electron chi connectivity index (χ2n) is 3.45. The van der Waals surface area contributed by atoms with Gasteiger partial charge in [-0.3, -0.25) is 4.98 Å². The molecule has 2 aromatic heterocycles. The Hall–Kier alpha value is -1.52. The Morgan fingerprint density at radius 1 is 1.19 bits per heavy atom. The molecule has 1 unspecified atom stereocenters. The molecule has 0 radical (unpaired) electrons. The van der Waals surface area contributed by atoms with Gasteiger partial charge in [-0.25, -0.2) is 0 Å². The van der Waals surface area contributed by atoms with E-state index >= 15 is 0 Å². The van der Waals surface area contributed by atoms with Gasteiger partial charge >= 0.3 is 0 Å². The predicted molar refractivity (Wildman–Crippen MR) is 61.9 cm³/mol. The van der Waals surface area contributed by atoms with E-state index in [-0.39, 0.29) is 6.04 Å². The van der Waals surface area contributed by atoms with Crippen LogP contribution in [0.15, 0.2) is 36.9 Å². The van der Waals surface area contributed by atoms with Gasteiger partial charge in [-0.05, 0) is 29.7 Å². The Bertz CT molecular complexity index is 461. The van der Waals surface area contributed by atoms with E-state index in [0.29, 0.717) is 11.4 Å². The third kappa shape index (κ3) is 2.53. The topological polar surface area (TPSA) is 64.7 Å². The molecule has 2 rings (SSSR count). The van der Waals surface area contributed by atoms with Crippen molar-refractivity contribution in [3.8, 4) is 0 Å². The number of hydrogen-bond acceptors (Lipinski definition) is 4. The fourth-order valence-corrected chi connectivity index (χ4v) is 1.64. The lowest BCUT2D eigenvalue weighted by molar-refractivity contribution is 0.712. The predicted octanol–water partition coefficient (Wildman–Crippen LogP) is 1.77. The van der Waals surface area contributed by atoms with Crippen LogP contribution in [0.5, 0.6) is 0 Å². The summed E-state index contributed by atoms with van der Waals surface area (Å²) >= 11 is 6.01. The van der Waals surface area contributed by atoms with Gasteiger partial charge in [0.2, 0.25) is 0 Å². The molecule has 2 N–H and O–H groups in total. The van der Waals surface area contributed by atoms with Gasteiger partial charge in [-0.1, -0.05) is 11.6 Å². The molecule has 0 aliphatic carbocycles. The first-order valence-electron chi connectivity index (χ1n) is 4.88. The Kier molecular flexibility index (Phi) is 3.44. The van der Waals surface area contributed by atoms with E-state index in [4.69, 9.17) is 17.3 Å². The van der Waals surface area contributed by atoms with Crippen LogP contribution >= 0.6 is 11.6 Å². The van der Waals surface area contributed by atoms with Crippen LogP contribution in [-0.4, -0.2) is 15.2 Å². The molecule has 0 amide bonds. The molecule has 4 nitrogen and oxygen atoms in total. The summed E-state index contributed by atoms with van der Waals surface area (Å²) in [6.07, 6.45) is 7.28. The lowest BCUT2D eigenvalue weighted by Gasteiger charge is -2.11. The molecule has 0 saturated heterocycles. The highest BCUT2D eigenvalue weighted by Crippen LogP contribution is 2.20. The summed E-state index contributed by atoms with van der Waals surface area (Å²) in [7, 11) is 0. The Balaban J connectivity index is 2.14. The number of hydrogen-bond donors (Lipinski definition) is 1. The molecule has 0 aliphatic heterocycles. The summed E-state index contributed by atoms with van der Waals surface area (Å²) in [6, 6.07) is 3.60. The fraction of sp³-hybridized carbons (Fsp3) is 0.182. The minimum atomic E-state index is -0.129. The Morgan fingerprint density at radius 2 is 2.06 bits per heavy atom. The molecule has 0 saturated carbocycles. The Labute approximate surface area is 98.5 Å². The monoisotopic (exact) mass is 234 g/mol. The van der Waals surface area contributed by atoms with Gasteiger partial charge < -0.3 is 5.73 Å². The first kappa shape index (κ1) is 11.0. The van der Waals surface area contributed by atoms with E-state index in [0.717, 1.165) is 11.1 Å². The van der Waals surface area contributed by atoms with Crippen LogP contribution in [0.3, 0.4) is 0 Å². The summed E-state index contributed by atoms with van der Waals surface area (Å²) in [6.45, 7) is 0. The number of pyridine rings is 1. The Morgan fingerprint density at radius 3 is 2.75 bits per heavy atom. The fourth-order valence-electron chi connectivity index (χ4n) is 1.44. The minimum Gasteiger partial charge on any atom is -0.324 e. The molecule has 0 aliphatic rings. The summed E-state index contributed by atoms with van der Waals surface area (Å²) in [5.41, 5.74) is 7.98. The second-order valence-corrected chi connectivity index (χ2v) is 3.86. The average Bonchev–Trinajstić information content (AvgIpc) is 2.33. The van der Waals surface area contributed by atoms with E-state index in [1.54, 1.807) is 24.8 Å². The first-order valence-corrected chi connectivity index (χ1v) is 5.25. The quantitative estimate of drug-likeness (QED) is 0.879. The molecule has 2 aromatic rings. The SMILES string of the molecule is NC(Cc1ccncc1Cl)c1ccnnc1. The lowest BCUT2D eigenvalue weighted by atomic mass is 10.0. The van der Waals surface area contributed by atoms with Crippen molar-refractivity contribution in [2.45, 2.75) is 12.5 Å². The van der Waals surface area contributed by atoms with Gasteiger partial charge in [-0.15, -0.1) is 0 Å². The molecular formula is C11H11ClN4. The van der Waals surface area contributed by atoms with E-state index in [9.17, 15) is 0 Å². The van der Waals surface area contributed by atoms with Crippen LogP contribution in [0.1, 0.15) is 17.2 Å². The highest BCUT2D eigenvalue weighted by molar-refractivity contribution is 6.31. The van der Waals surface area contributed by atoms with Crippen molar-refractivity contribution in [1.29, 1.82) is 0 Å². The molecular weight excluding hydrogens is 224 g/mol. The van der Waals surface area contributed by atoms with Crippen molar-refractivity contribution in [2.75, 3.05) is 0 Å². The molecule has 1 atom stereocenters. The molecule has 0 bridgehead atoms. The van der Waals surface area contributed by atoms with Crippen LogP contribution in [0.4, 0.5) is 0 Å². The minimum absolute atomic E-state index is 0.129. The zero-order valence-electron chi connectivity index (χ0n) is 8.55. The van der Waals surface area contributed by atoms with Gasteiger partial charge in [0.25, 0.3) is 0 Å². The van der Waals surface area contributed by atoms with Gasteiger partial charge in [0.15, 0.2) is 0 Å². The van der Waals surface area contributed by atoms with Crippen molar-refractivity contribution in [1.82, 2.24) is 15.2 Å². The number of nitrogens with zero attached hydrogens (tertiary/aromatic N) is 3. The standard InChI is InChI=1S/C11H11ClN4/c12-10-7-14-3-1-8(10)5-11(13)9-2-4-15-16-6-9/h1-4,6-7,11H,5,13H2. The maximum absolute atomic E-state index is 6.05. The van der Waals surface area contributed by atoms with E-state index in [2.05, 4.69) is 15.2 Å². The second kappa shape index (κ2) is 5.01. The van der Waals surface area contributed by atoms with Crippen molar-refractivity contribution >= 4 is 11.6 Å². The van der Waals surface area contributed by atoms with Crippen LogP contribution in [0, 0.1) is 0 Å². The summed E-state index contributed by atoms with van der Waals surface area (Å²) in [5, 5.41) is 8.14. The number of aromatic nitrogens is 3. The smallest absolute Gasteiger partial charge is 0.0622 e. The molecule has 16 heavy (non-hydrogen) atoms. The van der Waals surface area contributed by atoms with Crippen molar-refractivity contribution in [3.63, 3.8) is 0 Å². The van der Waals surface area contributed by atoms with Crippen molar-refractivity contribution in [3.05, 3.63) is 53.1 Å². The third-order valence-corrected chi connectivity index (χ3v) is 2.67. The van der Waals surface area contributed by atoms with E-state index in [1.807, 2.05) is 12.1 Å². The van der Waals surface area contributed by atoms with Crippen molar-refractivity contribution in [2.24, 2.45) is 5.73 Å². The molecule has 5 heteroatoms. The van der Waals surface area contributed by atoms with Crippen LogP contribution in [0.2, 0.25) is 5.02 Å². The lowest BCUT2D eigenvalue weighted by Crippen LogP contribution is -2.14. The van der Waals surface area contributed by atoms with Gasteiger partial charge in [-0.2, -0.15) is 10.2 Å². The zero-order valence-corrected chi connectivity index (χ0v) is 9.30. The van der Waals surface area contributed by atoms with E-state index in [1.165, 1.54) is 0 Å². The van der Waals surface area contributed by atoms with Crippen LogP contribution in [0.25, 0.3) is 0 Å². The summed E-state index contributed by atoms with van der Waals surface area (Å²) in [5.74, 6) is 0. The van der Waals surface area contributed by atoms with Gasteiger partial charge in [0.05, 0.1) is 11.2 Å². The van der Waals surface area contributed by atoms with Crippen molar-refractivity contribution < 1.29 is 0 Å². The zero-order chi connectivity index (χ0) is 11.4. The highest BCUT2D eigenvalue weighted by atomic mass is 35.5. The first-order chi connectivity index (χ1) is 7.77. The van der Waals surface area contributed by atoms with Crippen LogP contribution in [-0.2, 0) is 6.42 Å². The molecule has 0 aromatic carbocycles. The highest BCUT2D eigenvalue weighted by Gasteiger charge is 2.09. The molecule has 0 spiro atoms. The number of rotatable bonds is 3. The van der Waals surface area contributed by atoms with Gasteiger partial charge in [0.1, 0.15) is 0 Å². The number of halogens is 1. The maximum atomic E-state index is 6.05. The molecule has 2 heterocycles. The van der Waals surface area contributed by atoms with E-state index < -0.39 is 0 Å². The summed E-state index contributed by atoms with van der Waals surface area (Å²) in [4.78, 5) is 3.93. The third-order valence-electron chi connectivity index (χ3n) is 2.33. The molecule has 82 valence electrons. The average molecular weight is 235 g/mol. The largest absolute Gasteiger partial charge is 0.324 e. The van der Waals surface area contributed by atoms with Gasteiger partial charge in [0, 0.05) is 24.6 Å². The normalized spacial score (nSPS) is 12.4. The number of nitrogens with two attached hydrogens (primary N) is 1. The molecule has 0 fully saturated rings. The maximum Gasteiger partial charge on any atom is 0.0622 e. The summed E-state index contributed by atoms with van der Waals surface area (Å²) < 4.78 is 0.